The summed E-state index contributed by atoms with van der Waals surface area (Å²) in [5.41, 5.74) is 3.67. The first-order chi connectivity index (χ1) is 11.4. The van der Waals surface area contributed by atoms with Crippen molar-refractivity contribution < 1.29 is 9.47 Å². The van der Waals surface area contributed by atoms with Gasteiger partial charge in [0, 0.05) is 6.42 Å². The molecule has 0 spiro atoms. The molecule has 0 saturated heterocycles. The number of aryl methyl sites for hydroxylation is 1. The Morgan fingerprint density at radius 3 is 2.21 bits per heavy atom. The van der Waals surface area contributed by atoms with Crippen molar-refractivity contribution in [3.8, 4) is 17.6 Å². The molecule has 2 rings (SSSR count). The maximum absolute atomic E-state index is 8.68. The van der Waals surface area contributed by atoms with Gasteiger partial charge in [-0.3, -0.25) is 0 Å². The van der Waals surface area contributed by atoms with Crippen LogP contribution in [-0.2, 0) is 18.4 Å². The molecule has 3 nitrogen and oxygen atoms in total. The molecule has 0 N–H and O–H groups in total. The molecule has 2 aromatic rings. The highest BCUT2D eigenvalue weighted by Gasteiger charge is 2.13. The summed E-state index contributed by atoms with van der Waals surface area (Å²) >= 11 is 0. The Labute approximate surface area is 144 Å². The zero-order chi connectivity index (χ0) is 17.6. The van der Waals surface area contributed by atoms with Gasteiger partial charge in [-0.25, -0.2) is 0 Å². The fourth-order valence-electron chi connectivity index (χ4n) is 2.45. The monoisotopic (exact) mass is 323 g/mol. The number of nitriles is 1. The second kappa shape index (κ2) is 7.88. The summed E-state index contributed by atoms with van der Waals surface area (Å²) in [6, 6.07) is 16.5. The topological polar surface area (TPSA) is 42.2 Å². The predicted octanol–water partition coefficient (Wildman–Crippen LogP) is 5.03. The summed E-state index contributed by atoms with van der Waals surface area (Å²) in [5.74, 6) is 1.43. The van der Waals surface area contributed by atoms with Crippen molar-refractivity contribution in [2.75, 3.05) is 7.11 Å². The van der Waals surface area contributed by atoms with Crippen LogP contribution in [0.4, 0.5) is 0 Å². The van der Waals surface area contributed by atoms with Crippen LogP contribution in [-0.4, -0.2) is 7.11 Å². The van der Waals surface area contributed by atoms with Crippen LogP contribution in [0.2, 0.25) is 0 Å². The summed E-state index contributed by atoms with van der Waals surface area (Å²) in [4.78, 5) is 0. The van der Waals surface area contributed by atoms with Crippen LogP contribution in [0.25, 0.3) is 0 Å². The van der Waals surface area contributed by atoms with E-state index in [1.165, 1.54) is 5.56 Å². The average molecular weight is 323 g/mol. The number of methoxy groups -OCH3 is 1. The van der Waals surface area contributed by atoms with Crippen LogP contribution >= 0.6 is 0 Å². The lowest BCUT2D eigenvalue weighted by Gasteiger charge is -2.19. The third-order valence-electron chi connectivity index (χ3n) is 3.97. The number of nitrogens with zero attached hydrogens (tertiary/aromatic N) is 1. The smallest absolute Gasteiger partial charge is 0.161 e. The average Bonchev–Trinajstić information content (AvgIpc) is 2.58. The minimum absolute atomic E-state index is 0.155. The van der Waals surface area contributed by atoms with Gasteiger partial charge in [0.25, 0.3) is 0 Å². The number of rotatable bonds is 6. The van der Waals surface area contributed by atoms with Gasteiger partial charge in [0.2, 0.25) is 0 Å². The Hall–Kier alpha value is -2.47. The zero-order valence-electron chi connectivity index (χ0n) is 14.9. The molecule has 3 heteroatoms. The van der Waals surface area contributed by atoms with E-state index in [0.29, 0.717) is 18.8 Å². The molecule has 0 fully saturated rings. The lowest BCUT2D eigenvalue weighted by atomic mass is 9.87. The molecule has 126 valence electrons. The molecule has 0 heterocycles. The van der Waals surface area contributed by atoms with Gasteiger partial charge in [-0.05, 0) is 40.7 Å². The third-order valence-corrected chi connectivity index (χ3v) is 3.97. The summed E-state index contributed by atoms with van der Waals surface area (Å²) in [7, 11) is 1.63. The first kappa shape index (κ1) is 17.9. The molecular formula is C21H25NO2. The Kier molecular flexibility index (Phi) is 5.87. The van der Waals surface area contributed by atoms with Crippen molar-refractivity contribution in [3.63, 3.8) is 0 Å². The van der Waals surface area contributed by atoms with Crippen LogP contribution in [0.15, 0.2) is 42.5 Å². The summed E-state index contributed by atoms with van der Waals surface area (Å²) in [5, 5.41) is 8.68. The van der Waals surface area contributed by atoms with E-state index in [1.807, 2.05) is 18.2 Å². The van der Waals surface area contributed by atoms with E-state index in [-0.39, 0.29) is 5.41 Å². The van der Waals surface area contributed by atoms with Gasteiger partial charge in [0.15, 0.2) is 11.5 Å². The fraction of sp³-hybridized carbons (Fsp3) is 0.381. The molecule has 0 aromatic heterocycles. The molecular weight excluding hydrogens is 298 g/mol. The van der Waals surface area contributed by atoms with Crippen molar-refractivity contribution in [1.82, 2.24) is 0 Å². The molecule has 2 aromatic carbocycles. The molecule has 0 radical (unpaired) electrons. The number of benzene rings is 2. The van der Waals surface area contributed by atoms with Gasteiger partial charge in [-0.2, -0.15) is 5.26 Å². The zero-order valence-corrected chi connectivity index (χ0v) is 14.9. The highest BCUT2D eigenvalue weighted by molar-refractivity contribution is 5.43. The van der Waals surface area contributed by atoms with Gasteiger partial charge in [0.05, 0.1) is 13.2 Å². The number of ether oxygens (including phenoxy) is 2. The Morgan fingerprint density at radius 2 is 1.62 bits per heavy atom. The van der Waals surface area contributed by atoms with E-state index >= 15 is 0 Å². The van der Waals surface area contributed by atoms with Crippen molar-refractivity contribution in [2.24, 2.45) is 0 Å². The molecule has 0 atom stereocenters. The van der Waals surface area contributed by atoms with Crippen LogP contribution < -0.4 is 9.47 Å². The van der Waals surface area contributed by atoms with E-state index in [4.69, 9.17) is 14.7 Å². The van der Waals surface area contributed by atoms with Gasteiger partial charge in [0.1, 0.15) is 6.61 Å². The lowest BCUT2D eigenvalue weighted by Crippen LogP contribution is -2.10. The van der Waals surface area contributed by atoms with E-state index in [9.17, 15) is 0 Å². The number of hydrogen-bond donors (Lipinski definition) is 0. The SMILES string of the molecule is COc1cc(CCC#N)ccc1OCc1ccc(C(C)(C)C)cc1. The normalized spacial score (nSPS) is 11.0. The largest absolute Gasteiger partial charge is 0.493 e. The minimum atomic E-state index is 0.155. The van der Waals surface area contributed by atoms with Gasteiger partial charge in [-0.15, -0.1) is 0 Å². The van der Waals surface area contributed by atoms with Crippen molar-refractivity contribution in [2.45, 2.75) is 45.6 Å². The molecule has 0 aliphatic heterocycles. The maximum atomic E-state index is 8.68. The lowest BCUT2D eigenvalue weighted by molar-refractivity contribution is 0.284. The molecule has 0 aliphatic carbocycles. The number of hydrogen-bond acceptors (Lipinski definition) is 3. The van der Waals surface area contributed by atoms with Crippen LogP contribution in [0, 0.1) is 11.3 Å². The standard InChI is InChI=1S/C21H25NO2/c1-21(2,3)18-10-7-17(8-11-18)15-24-19-12-9-16(6-5-13-22)14-20(19)23-4/h7-12,14H,5-6,15H2,1-4H3. The fourth-order valence-corrected chi connectivity index (χ4v) is 2.45. The van der Waals surface area contributed by atoms with Crippen molar-refractivity contribution >= 4 is 0 Å². The molecule has 0 aliphatic rings. The minimum Gasteiger partial charge on any atom is -0.493 e. The summed E-state index contributed by atoms with van der Waals surface area (Å²) in [6.45, 7) is 7.12. The quantitative estimate of drug-likeness (QED) is 0.749. The van der Waals surface area contributed by atoms with E-state index in [2.05, 4.69) is 51.1 Å². The Bertz CT molecular complexity index is 706. The second-order valence-electron chi connectivity index (χ2n) is 6.88. The highest BCUT2D eigenvalue weighted by atomic mass is 16.5. The summed E-state index contributed by atoms with van der Waals surface area (Å²) < 4.78 is 11.3. The van der Waals surface area contributed by atoms with Gasteiger partial charge >= 0.3 is 0 Å². The maximum Gasteiger partial charge on any atom is 0.161 e. The molecule has 0 saturated carbocycles. The van der Waals surface area contributed by atoms with E-state index in [0.717, 1.165) is 23.3 Å². The Morgan fingerprint density at radius 1 is 0.958 bits per heavy atom. The Balaban J connectivity index is 2.04. The highest BCUT2D eigenvalue weighted by Crippen LogP contribution is 2.29. The first-order valence-corrected chi connectivity index (χ1v) is 8.20. The van der Waals surface area contributed by atoms with Crippen LogP contribution in [0.5, 0.6) is 11.5 Å². The van der Waals surface area contributed by atoms with Crippen molar-refractivity contribution in [1.29, 1.82) is 5.26 Å². The van der Waals surface area contributed by atoms with Gasteiger partial charge < -0.3 is 9.47 Å². The van der Waals surface area contributed by atoms with E-state index in [1.54, 1.807) is 7.11 Å². The first-order valence-electron chi connectivity index (χ1n) is 8.20. The van der Waals surface area contributed by atoms with Crippen LogP contribution in [0.1, 0.15) is 43.9 Å². The molecule has 0 amide bonds. The summed E-state index contributed by atoms with van der Waals surface area (Å²) in [6.07, 6.45) is 1.23. The molecule has 24 heavy (non-hydrogen) atoms. The second-order valence-corrected chi connectivity index (χ2v) is 6.88. The van der Waals surface area contributed by atoms with E-state index < -0.39 is 0 Å². The van der Waals surface area contributed by atoms with Gasteiger partial charge in [-0.1, -0.05) is 51.1 Å². The predicted molar refractivity (Wildman–Crippen MR) is 96.4 cm³/mol. The molecule has 0 bridgehead atoms. The van der Waals surface area contributed by atoms with Crippen molar-refractivity contribution in [3.05, 3.63) is 59.2 Å². The van der Waals surface area contributed by atoms with Crippen LogP contribution in [0.3, 0.4) is 0 Å². The third kappa shape index (κ3) is 4.76. The molecule has 0 unspecified atom stereocenters.